The largest absolute Gasteiger partial charge is 0.316 e. The van der Waals surface area contributed by atoms with Gasteiger partial charge >= 0.3 is 0 Å². The summed E-state index contributed by atoms with van der Waals surface area (Å²) in [6.07, 6.45) is 11.8. The molecule has 0 bridgehead atoms. The summed E-state index contributed by atoms with van der Waals surface area (Å²) in [7, 11) is 0. The number of rotatable bonds is 2. The number of piperidine rings is 1. The van der Waals surface area contributed by atoms with Crippen molar-refractivity contribution in [2.75, 3.05) is 13.1 Å². The van der Waals surface area contributed by atoms with E-state index in [0.717, 1.165) is 11.3 Å². The van der Waals surface area contributed by atoms with E-state index in [2.05, 4.69) is 12.2 Å². The van der Waals surface area contributed by atoms with Crippen molar-refractivity contribution >= 4 is 0 Å². The summed E-state index contributed by atoms with van der Waals surface area (Å²) >= 11 is 0. The fraction of sp³-hybridized carbons (Fsp3) is 1.00. The zero-order valence-electron chi connectivity index (χ0n) is 9.65. The standard InChI is InChI=1S/C13H25N/c1-2-4-12-5-8-13(9-6-12)7-3-10-14-11-13/h12,14H,2-11H2,1H3. The van der Waals surface area contributed by atoms with E-state index in [1.165, 1.54) is 64.5 Å². The average Bonchev–Trinajstić information content (AvgIpc) is 2.24. The SMILES string of the molecule is CCCC1CCC2(CCCNC2)CC1. The molecule has 0 amide bonds. The van der Waals surface area contributed by atoms with E-state index in [1.807, 2.05) is 0 Å². The van der Waals surface area contributed by atoms with Crippen LogP contribution >= 0.6 is 0 Å². The molecule has 2 rings (SSSR count). The normalized spacial score (nSPS) is 38.8. The van der Waals surface area contributed by atoms with Crippen LogP contribution in [0.25, 0.3) is 0 Å². The van der Waals surface area contributed by atoms with Gasteiger partial charge in [0.25, 0.3) is 0 Å². The molecule has 0 aromatic heterocycles. The van der Waals surface area contributed by atoms with Crippen LogP contribution in [0.2, 0.25) is 0 Å². The lowest BCUT2D eigenvalue weighted by Gasteiger charge is -2.43. The van der Waals surface area contributed by atoms with E-state index in [0.29, 0.717) is 0 Å². The van der Waals surface area contributed by atoms with E-state index < -0.39 is 0 Å². The van der Waals surface area contributed by atoms with Crippen LogP contribution in [0, 0.1) is 11.3 Å². The summed E-state index contributed by atoms with van der Waals surface area (Å²) in [6, 6.07) is 0. The summed E-state index contributed by atoms with van der Waals surface area (Å²) in [4.78, 5) is 0. The lowest BCUT2D eigenvalue weighted by Crippen LogP contribution is -2.42. The van der Waals surface area contributed by atoms with Gasteiger partial charge in [-0.15, -0.1) is 0 Å². The lowest BCUT2D eigenvalue weighted by atomic mass is 9.66. The summed E-state index contributed by atoms with van der Waals surface area (Å²) in [5.41, 5.74) is 0.725. The molecule has 1 heterocycles. The molecule has 0 atom stereocenters. The van der Waals surface area contributed by atoms with Gasteiger partial charge in [-0.1, -0.05) is 19.8 Å². The Morgan fingerprint density at radius 1 is 1.21 bits per heavy atom. The molecule has 1 aliphatic heterocycles. The smallest absolute Gasteiger partial charge is 0.000782 e. The first-order valence-electron chi connectivity index (χ1n) is 6.55. The summed E-state index contributed by atoms with van der Waals surface area (Å²) in [6.45, 7) is 4.90. The Balaban J connectivity index is 1.81. The van der Waals surface area contributed by atoms with Crippen LogP contribution in [0.3, 0.4) is 0 Å². The van der Waals surface area contributed by atoms with Crippen molar-refractivity contribution in [3.8, 4) is 0 Å². The molecule has 1 spiro atoms. The van der Waals surface area contributed by atoms with Crippen LogP contribution in [-0.4, -0.2) is 13.1 Å². The first-order valence-corrected chi connectivity index (χ1v) is 6.55. The number of nitrogens with one attached hydrogen (secondary N) is 1. The molecule has 0 unspecified atom stereocenters. The van der Waals surface area contributed by atoms with Gasteiger partial charge in [0.2, 0.25) is 0 Å². The van der Waals surface area contributed by atoms with Crippen LogP contribution in [0.15, 0.2) is 0 Å². The molecule has 2 fully saturated rings. The second-order valence-corrected chi connectivity index (χ2v) is 5.51. The quantitative estimate of drug-likeness (QED) is 0.712. The topological polar surface area (TPSA) is 12.0 Å². The molecule has 1 saturated heterocycles. The molecule has 0 aromatic rings. The van der Waals surface area contributed by atoms with Gasteiger partial charge in [0.15, 0.2) is 0 Å². The molecular formula is C13H25N. The highest BCUT2D eigenvalue weighted by molar-refractivity contribution is 4.89. The molecule has 1 aliphatic carbocycles. The van der Waals surface area contributed by atoms with E-state index in [1.54, 1.807) is 0 Å². The molecule has 0 aromatic carbocycles. The maximum Gasteiger partial charge on any atom is 0.000782 e. The van der Waals surface area contributed by atoms with E-state index >= 15 is 0 Å². The molecule has 1 saturated carbocycles. The molecule has 14 heavy (non-hydrogen) atoms. The van der Waals surface area contributed by atoms with Crippen molar-refractivity contribution in [3.05, 3.63) is 0 Å². The minimum Gasteiger partial charge on any atom is -0.316 e. The summed E-state index contributed by atoms with van der Waals surface area (Å²) < 4.78 is 0. The third-order valence-corrected chi connectivity index (χ3v) is 4.42. The van der Waals surface area contributed by atoms with Gasteiger partial charge in [0, 0.05) is 6.54 Å². The van der Waals surface area contributed by atoms with Crippen LogP contribution < -0.4 is 5.32 Å². The number of hydrogen-bond acceptors (Lipinski definition) is 1. The fourth-order valence-corrected chi connectivity index (χ4v) is 3.44. The first kappa shape index (κ1) is 10.5. The van der Waals surface area contributed by atoms with Crippen LogP contribution in [-0.2, 0) is 0 Å². The predicted octanol–water partition coefficient (Wildman–Crippen LogP) is 3.35. The van der Waals surface area contributed by atoms with E-state index in [9.17, 15) is 0 Å². The van der Waals surface area contributed by atoms with Crippen molar-refractivity contribution < 1.29 is 0 Å². The highest BCUT2D eigenvalue weighted by Crippen LogP contribution is 2.44. The van der Waals surface area contributed by atoms with Gasteiger partial charge in [0.1, 0.15) is 0 Å². The monoisotopic (exact) mass is 195 g/mol. The third kappa shape index (κ3) is 2.31. The second kappa shape index (κ2) is 4.65. The number of hydrogen-bond donors (Lipinski definition) is 1. The van der Waals surface area contributed by atoms with Crippen molar-refractivity contribution in [2.24, 2.45) is 11.3 Å². The van der Waals surface area contributed by atoms with E-state index in [-0.39, 0.29) is 0 Å². The van der Waals surface area contributed by atoms with Gasteiger partial charge < -0.3 is 5.32 Å². The molecule has 1 heteroatoms. The molecule has 1 nitrogen and oxygen atoms in total. The molecule has 1 N–H and O–H groups in total. The Bertz CT molecular complexity index is 160. The zero-order chi connectivity index (χ0) is 9.86. The first-order chi connectivity index (χ1) is 6.85. The Kier molecular flexibility index (Phi) is 3.48. The Morgan fingerprint density at radius 2 is 2.00 bits per heavy atom. The zero-order valence-corrected chi connectivity index (χ0v) is 9.65. The highest BCUT2D eigenvalue weighted by atomic mass is 14.9. The lowest BCUT2D eigenvalue weighted by molar-refractivity contribution is 0.108. The maximum atomic E-state index is 3.59. The van der Waals surface area contributed by atoms with Gasteiger partial charge in [0.05, 0.1) is 0 Å². The minimum atomic E-state index is 0.725. The Labute approximate surface area is 88.7 Å². The molecule has 0 radical (unpaired) electrons. The van der Waals surface area contributed by atoms with Crippen LogP contribution in [0.1, 0.15) is 58.3 Å². The third-order valence-electron chi connectivity index (χ3n) is 4.42. The van der Waals surface area contributed by atoms with Gasteiger partial charge in [-0.05, 0) is 56.4 Å². The summed E-state index contributed by atoms with van der Waals surface area (Å²) in [5.74, 6) is 1.06. The highest BCUT2D eigenvalue weighted by Gasteiger charge is 2.35. The van der Waals surface area contributed by atoms with Crippen LogP contribution in [0.4, 0.5) is 0 Å². The molecule has 82 valence electrons. The van der Waals surface area contributed by atoms with Crippen molar-refractivity contribution in [2.45, 2.75) is 58.3 Å². The van der Waals surface area contributed by atoms with E-state index in [4.69, 9.17) is 0 Å². The van der Waals surface area contributed by atoms with Gasteiger partial charge in [-0.2, -0.15) is 0 Å². The van der Waals surface area contributed by atoms with Crippen molar-refractivity contribution in [3.63, 3.8) is 0 Å². The van der Waals surface area contributed by atoms with Gasteiger partial charge in [-0.3, -0.25) is 0 Å². The van der Waals surface area contributed by atoms with Crippen LogP contribution in [0.5, 0.6) is 0 Å². The maximum absolute atomic E-state index is 3.59. The average molecular weight is 195 g/mol. The second-order valence-electron chi connectivity index (χ2n) is 5.51. The minimum absolute atomic E-state index is 0.725. The fourth-order valence-electron chi connectivity index (χ4n) is 3.44. The molecular weight excluding hydrogens is 170 g/mol. The Hall–Kier alpha value is -0.0400. The predicted molar refractivity (Wildman–Crippen MR) is 61.4 cm³/mol. The van der Waals surface area contributed by atoms with Crippen molar-refractivity contribution in [1.29, 1.82) is 0 Å². The summed E-state index contributed by atoms with van der Waals surface area (Å²) in [5, 5.41) is 3.59. The van der Waals surface area contributed by atoms with Crippen molar-refractivity contribution in [1.82, 2.24) is 5.32 Å². The van der Waals surface area contributed by atoms with Gasteiger partial charge in [-0.25, -0.2) is 0 Å². The Morgan fingerprint density at radius 3 is 2.57 bits per heavy atom. The molecule has 2 aliphatic rings.